The molecular formula is C32H32ClN5O6. The van der Waals surface area contributed by atoms with Crippen molar-refractivity contribution in [2.24, 2.45) is 19.5 Å². The smallest absolute Gasteiger partial charge is 0.330 e. The van der Waals surface area contributed by atoms with E-state index in [9.17, 15) is 24.3 Å². The van der Waals surface area contributed by atoms with Crippen LogP contribution in [0.5, 0.6) is 5.88 Å². The van der Waals surface area contributed by atoms with Crippen LogP contribution in [0.15, 0.2) is 64.3 Å². The fourth-order valence-corrected chi connectivity index (χ4v) is 5.82. The summed E-state index contributed by atoms with van der Waals surface area (Å²) in [5.41, 5.74) is 2.70. The normalized spacial score (nSPS) is 14.1. The maximum atomic E-state index is 13.1. The Hall–Kier alpha value is -4.74. The van der Waals surface area contributed by atoms with E-state index in [1.54, 1.807) is 26.2 Å². The first-order valence-electron chi connectivity index (χ1n) is 13.8. The molecule has 2 N–H and O–H groups in total. The summed E-state index contributed by atoms with van der Waals surface area (Å²) >= 11 is 6.98. The number of aromatic nitrogens is 3. The van der Waals surface area contributed by atoms with Gasteiger partial charge in [0.25, 0.3) is 11.5 Å². The molecule has 0 radical (unpaired) electrons. The lowest BCUT2D eigenvalue weighted by atomic mass is 9.82. The number of pyridine rings is 1. The largest absolute Gasteiger partial charge is 0.481 e. The monoisotopic (exact) mass is 617 g/mol. The number of aryl methyl sites for hydroxylation is 1. The SMILES string of the molecule is COc1nc(-c2cccc(-c3cccc(NC(=O)c4cn(C)c(=O)n(C)c4=O)c3C)c2Cl)ccc1CN1CC(C)(C(=O)O)C1. The molecule has 0 saturated carbocycles. The predicted octanol–water partition coefficient (Wildman–Crippen LogP) is 3.94. The summed E-state index contributed by atoms with van der Waals surface area (Å²) in [6.07, 6.45) is 1.22. The standard InChI is InChI=1S/C32H32ClN5O6/c1-18-20(8-7-11-24(18)34-27(39)23-15-36(3)31(43)37(4)29(23)40)21-9-6-10-22(26(21)33)25-13-12-19(28(35-25)44-5)14-38-16-32(2,17-38)30(41)42/h6-13,15H,14,16-17H2,1-5H3,(H,34,39)(H,41,42). The number of amides is 1. The first-order chi connectivity index (χ1) is 20.8. The molecule has 4 aromatic rings. The lowest BCUT2D eigenvalue weighted by Gasteiger charge is -2.45. The first-order valence-corrected chi connectivity index (χ1v) is 14.2. The Morgan fingerprint density at radius 1 is 1.05 bits per heavy atom. The molecular weight excluding hydrogens is 586 g/mol. The van der Waals surface area contributed by atoms with Crippen molar-refractivity contribution in [3.8, 4) is 28.3 Å². The molecule has 1 aliphatic rings. The van der Waals surface area contributed by atoms with Crippen LogP contribution in [-0.4, -0.2) is 56.2 Å². The van der Waals surface area contributed by atoms with E-state index in [1.807, 2.05) is 48.2 Å². The molecule has 44 heavy (non-hydrogen) atoms. The Morgan fingerprint density at radius 2 is 1.70 bits per heavy atom. The van der Waals surface area contributed by atoms with Crippen LogP contribution in [0, 0.1) is 12.3 Å². The fraction of sp³-hybridized carbons (Fsp3) is 0.281. The van der Waals surface area contributed by atoms with Gasteiger partial charge in [0, 0.05) is 62.3 Å². The summed E-state index contributed by atoms with van der Waals surface area (Å²) in [7, 11) is 4.34. The van der Waals surface area contributed by atoms with Gasteiger partial charge in [-0.3, -0.25) is 23.9 Å². The number of benzene rings is 2. The van der Waals surface area contributed by atoms with Crippen LogP contribution in [0.25, 0.3) is 22.4 Å². The number of carboxylic acids is 1. The second-order valence-corrected chi connectivity index (χ2v) is 11.7. The zero-order valence-corrected chi connectivity index (χ0v) is 25.7. The van der Waals surface area contributed by atoms with E-state index in [0.717, 1.165) is 21.3 Å². The zero-order chi connectivity index (χ0) is 31.9. The Kier molecular flexibility index (Phi) is 8.19. The molecule has 1 aliphatic heterocycles. The van der Waals surface area contributed by atoms with Crippen molar-refractivity contribution in [1.82, 2.24) is 19.0 Å². The number of likely N-dealkylation sites (tertiary alicyclic amines) is 1. The summed E-state index contributed by atoms with van der Waals surface area (Å²) in [4.78, 5) is 55.9. The van der Waals surface area contributed by atoms with Crippen LogP contribution in [0.4, 0.5) is 5.69 Å². The van der Waals surface area contributed by atoms with E-state index in [2.05, 4.69) is 5.32 Å². The van der Waals surface area contributed by atoms with E-state index in [4.69, 9.17) is 21.3 Å². The Balaban J connectivity index is 1.43. The molecule has 0 spiro atoms. The van der Waals surface area contributed by atoms with E-state index in [0.29, 0.717) is 53.0 Å². The number of anilines is 1. The van der Waals surface area contributed by atoms with Crippen LogP contribution in [0.3, 0.4) is 0 Å². The van der Waals surface area contributed by atoms with Gasteiger partial charge in [-0.05, 0) is 37.1 Å². The molecule has 0 aliphatic carbocycles. The second kappa shape index (κ2) is 11.7. The van der Waals surface area contributed by atoms with Gasteiger partial charge in [0.2, 0.25) is 5.88 Å². The molecule has 1 fully saturated rings. The van der Waals surface area contributed by atoms with Gasteiger partial charge in [-0.15, -0.1) is 0 Å². The number of rotatable bonds is 8. The highest BCUT2D eigenvalue weighted by Crippen LogP contribution is 2.40. The molecule has 5 rings (SSSR count). The topological polar surface area (TPSA) is 136 Å². The third kappa shape index (κ3) is 5.51. The number of halogens is 1. The van der Waals surface area contributed by atoms with E-state index in [-0.39, 0.29) is 5.56 Å². The van der Waals surface area contributed by atoms with Crippen LogP contribution in [-0.2, 0) is 25.4 Å². The van der Waals surface area contributed by atoms with Crippen molar-refractivity contribution >= 4 is 29.2 Å². The van der Waals surface area contributed by atoms with Crippen molar-refractivity contribution in [1.29, 1.82) is 0 Å². The highest BCUT2D eigenvalue weighted by molar-refractivity contribution is 6.36. The van der Waals surface area contributed by atoms with E-state index < -0.39 is 28.5 Å². The summed E-state index contributed by atoms with van der Waals surface area (Å²) in [6.45, 7) is 4.98. The first kappa shape index (κ1) is 30.7. The maximum Gasteiger partial charge on any atom is 0.330 e. The fourth-order valence-electron chi connectivity index (χ4n) is 5.50. The molecule has 11 nitrogen and oxygen atoms in total. The summed E-state index contributed by atoms with van der Waals surface area (Å²) in [5.74, 6) is -1.01. The van der Waals surface area contributed by atoms with Crippen LogP contribution in [0.2, 0.25) is 5.02 Å². The predicted molar refractivity (Wildman–Crippen MR) is 167 cm³/mol. The number of nitrogens with one attached hydrogen (secondary N) is 1. The van der Waals surface area contributed by atoms with Gasteiger partial charge in [0.05, 0.1) is 23.2 Å². The molecule has 2 aromatic carbocycles. The third-order valence-electron chi connectivity index (χ3n) is 8.03. The van der Waals surface area contributed by atoms with Gasteiger partial charge < -0.3 is 19.7 Å². The Morgan fingerprint density at radius 3 is 2.39 bits per heavy atom. The van der Waals surface area contributed by atoms with E-state index >= 15 is 0 Å². The quantitative estimate of drug-likeness (QED) is 0.303. The Labute approximate surface area is 258 Å². The van der Waals surface area contributed by atoms with Crippen molar-refractivity contribution in [2.75, 3.05) is 25.5 Å². The van der Waals surface area contributed by atoms with Crippen molar-refractivity contribution < 1.29 is 19.4 Å². The molecule has 2 aromatic heterocycles. The Bertz CT molecular complexity index is 1930. The molecule has 228 valence electrons. The van der Waals surface area contributed by atoms with Gasteiger partial charge in [0.1, 0.15) is 5.56 Å². The highest BCUT2D eigenvalue weighted by Gasteiger charge is 2.45. The summed E-state index contributed by atoms with van der Waals surface area (Å²) in [6, 6.07) is 14.8. The second-order valence-electron chi connectivity index (χ2n) is 11.3. The summed E-state index contributed by atoms with van der Waals surface area (Å²) < 4.78 is 7.66. The zero-order valence-electron chi connectivity index (χ0n) is 25.0. The van der Waals surface area contributed by atoms with Gasteiger partial charge in [-0.2, -0.15) is 0 Å². The molecule has 12 heteroatoms. The highest BCUT2D eigenvalue weighted by atomic mass is 35.5. The molecule has 0 bridgehead atoms. The molecule has 0 unspecified atom stereocenters. The van der Waals surface area contributed by atoms with Gasteiger partial charge in [0.15, 0.2) is 0 Å². The summed E-state index contributed by atoms with van der Waals surface area (Å²) in [5, 5.41) is 12.7. The van der Waals surface area contributed by atoms with Crippen molar-refractivity contribution in [3.05, 3.63) is 97.3 Å². The lowest BCUT2D eigenvalue weighted by molar-refractivity contribution is -0.158. The number of aliphatic carboxylic acids is 1. The van der Waals surface area contributed by atoms with Crippen LogP contribution >= 0.6 is 11.6 Å². The average molecular weight is 618 g/mol. The number of hydrogen-bond acceptors (Lipinski definition) is 7. The molecule has 1 amide bonds. The van der Waals surface area contributed by atoms with Crippen molar-refractivity contribution in [2.45, 2.75) is 20.4 Å². The minimum Gasteiger partial charge on any atom is -0.481 e. The number of methoxy groups -OCH3 is 1. The number of carbonyl (C=O) groups is 2. The van der Waals surface area contributed by atoms with E-state index in [1.165, 1.54) is 24.9 Å². The van der Waals surface area contributed by atoms with Gasteiger partial charge in [-0.1, -0.05) is 48.0 Å². The minimum absolute atomic E-state index is 0.159. The average Bonchev–Trinajstić information content (AvgIpc) is 2.98. The molecule has 3 heterocycles. The number of ether oxygens (including phenoxy) is 1. The van der Waals surface area contributed by atoms with Crippen LogP contribution in [0.1, 0.15) is 28.4 Å². The maximum absolute atomic E-state index is 13.1. The third-order valence-corrected chi connectivity index (χ3v) is 8.43. The van der Waals surface area contributed by atoms with Crippen molar-refractivity contribution in [3.63, 3.8) is 0 Å². The number of carbonyl (C=O) groups excluding carboxylic acids is 1. The van der Waals surface area contributed by atoms with Crippen LogP contribution < -0.4 is 21.3 Å². The van der Waals surface area contributed by atoms with Gasteiger partial charge in [-0.25, -0.2) is 9.78 Å². The lowest BCUT2D eigenvalue weighted by Crippen LogP contribution is -2.58. The molecule has 1 saturated heterocycles. The number of hydrogen-bond donors (Lipinski definition) is 2. The number of carboxylic acid groups (broad SMARTS) is 1. The number of nitrogens with zero attached hydrogens (tertiary/aromatic N) is 4. The van der Waals surface area contributed by atoms with Gasteiger partial charge >= 0.3 is 11.7 Å². The minimum atomic E-state index is -0.804. The molecule has 0 atom stereocenters.